The maximum Gasteiger partial charge on any atom is 0.335 e. The lowest BCUT2D eigenvalue weighted by atomic mass is 10.1. The molecular formula is C25H23N3O3S. The van der Waals surface area contributed by atoms with Crippen molar-refractivity contribution in [3.63, 3.8) is 0 Å². The van der Waals surface area contributed by atoms with Crippen LogP contribution in [0.4, 0.5) is 0 Å². The molecule has 0 bridgehead atoms. The van der Waals surface area contributed by atoms with E-state index in [-0.39, 0.29) is 5.56 Å². The van der Waals surface area contributed by atoms with Crippen LogP contribution in [0, 0.1) is 0 Å². The monoisotopic (exact) mass is 445 g/mol. The first-order chi connectivity index (χ1) is 15.5. The number of carbonyl (C=O) groups is 1. The lowest BCUT2D eigenvalue weighted by molar-refractivity contribution is 0.0697. The SMILES string of the molecule is CCn1c2ccccc2c2cc(-c3nc4cc(C(=O)O)ccc4n3CCS(C)=O)ccc21. The van der Waals surface area contributed by atoms with Crippen LogP contribution in [0.3, 0.4) is 0 Å². The number of hydrogen-bond acceptors (Lipinski definition) is 3. The van der Waals surface area contributed by atoms with Gasteiger partial charge in [0.1, 0.15) is 5.82 Å². The van der Waals surface area contributed by atoms with Crippen molar-refractivity contribution < 1.29 is 14.1 Å². The molecule has 0 radical (unpaired) electrons. The minimum atomic E-state index is -0.980. The van der Waals surface area contributed by atoms with Gasteiger partial charge in [-0.25, -0.2) is 9.78 Å². The number of hydrogen-bond donors (Lipinski definition) is 1. The van der Waals surface area contributed by atoms with Crippen molar-refractivity contribution in [2.45, 2.75) is 20.0 Å². The zero-order valence-electron chi connectivity index (χ0n) is 17.9. The van der Waals surface area contributed by atoms with Crippen LogP contribution in [-0.2, 0) is 23.9 Å². The van der Waals surface area contributed by atoms with E-state index < -0.39 is 16.8 Å². The van der Waals surface area contributed by atoms with Gasteiger partial charge >= 0.3 is 5.97 Å². The first-order valence-corrected chi connectivity index (χ1v) is 12.3. The van der Waals surface area contributed by atoms with Gasteiger partial charge in [0.2, 0.25) is 0 Å². The molecule has 2 aromatic heterocycles. The maximum absolute atomic E-state index is 11.8. The fourth-order valence-electron chi connectivity index (χ4n) is 4.46. The van der Waals surface area contributed by atoms with E-state index >= 15 is 0 Å². The molecule has 5 rings (SSSR count). The summed E-state index contributed by atoms with van der Waals surface area (Å²) < 4.78 is 16.2. The van der Waals surface area contributed by atoms with Crippen molar-refractivity contribution in [2.75, 3.05) is 12.0 Å². The maximum atomic E-state index is 11.8. The third-order valence-electron chi connectivity index (χ3n) is 5.94. The summed E-state index contributed by atoms with van der Waals surface area (Å²) in [7, 11) is -0.954. The van der Waals surface area contributed by atoms with Crippen LogP contribution in [0.15, 0.2) is 60.7 Å². The molecule has 162 valence electrons. The third kappa shape index (κ3) is 3.29. The summed E-state index contributed by atoms with van der Waals surface area (Å²) >= 11 is 0. The number of fused-ring (bicyclic) bond motifs is 4. The van der Waals surface area contributed by atoms with E-state index in [0.29, 0.717) is 17.8 Å². The molecule has 0 amide bonds. The Labute approximate surface area is 187 Å². The Balaban J connectivity index is 1.75. The first-order valence-electron chi connectivity index (χ1n) is 10.5. The Bertz CT molecular complexity index is 1530. The number of benzene rings is 3. The van der Waals surface area contributed by atoms with E-state index in [1.54, 1.807) is 24.5 Å². The number of aryl methyl sites for hydroxylation is 2. The Kier molecular flexibility index (Phi) is 5.06. The largest absolute Gasteiger partial charge is 0.478 e. The van der Waals surface area contributed by atoms with Gasteiger partial charge in [0.25, 0.3) is 0 Å². The molecule has 1 N–H and O–H groups in total. The molecule has 0 aliphatic carbocycles. The minimum absolute atomic E-state index is 0.203. The Morgan fingerprint density at radius 3 is 2.47 bits per heavy atom. The molecule has 2 heterocycles. The zero-order valence-corrected chi connectivity index (χ0v) is 18.7. The zero-order chi connectivity index (χ0) is 22.4. The number of carboxylic acids is 1. The second kappa shape index (κ2) is 7.91. The van der Waals surface area contributed by atoms with E-state index in [9.17, 15) is 14.1 Å². The summed E-state index contributed by atoms with van der Waals surface area (Å²) in [6, 6.07) is 19.7. The van der Waals surface area contributed by atoms with Crippen LogP contribution in [0.25, 0.3) is 44.2 Å². The van der Waals surface area contributed by atoms with Crippen molar-refractivity contribution in [3.8, 4) is 11.4 Å². The topological polar surface area (TPSA) is 77.1 Å². The fourth-order valence-corrected chi connectivity index (χ4v) is 4.90. The lowest BCUT2D eigenvalue weighted by Crippen LogP contribution is -2.08. The van der Waals surface area contributed by atoms with Crippen LogP contribution >= 0.6 is 0 Å². The predicted molar refractivity (Wildman–Crippen MR) is 130 cm³/mol. The second-order valence-corrected chi connectivity index (χ2v) is 9.42. The summed E-state index contributed by atoms with van der Waals surface area (Å²) in [6.45, 7) is 3.56. The van der Waals surface area contributed by atoms with Crippen LogP contribution in [0.2, 0.25) is 0 Å². The summed E-state index contributed by atoms with van der Waals surface area (Å²) in [4.78, 5) is 16.3. The van der Waals surface area contributed by atoms with Gasteiger partial charge in [-0.2, -0.15) is 0 Å². The quantitative estimate of drug-likeness (QED) is 0.403. The number of imidazole rings is 1. The normalized spacial score (nSPS) is 12.7. The molecule has 3 aromatic carbocycles. The van der Waals surface area contributed by atoms with E-state index in [1.165, 1.54) is 16.4 Å². The van der Waals surface area contributed by atoms with Gasteiger partial charge in [-0.15, -0.1) is 0 Å². The van der Waals surface area contributed by atoms with Crippen LogP contribution < -0.4 is 0 Å². The molecule has 0 saturated carbocycles. The number of rotatable bonds is 6. The van der Waals surface area contributed by atoms with Crippen molar-refractivity contribution in [2.24, 2.45) is 0 Å². The standard InChI is InChI=1S/C25H23N3O3S/c1-3-27-21-7-5-4-6-18(21)19-14-16(8-10-22(19)27)24-26-20-15-17(25(29)30)9-11-23(20)28(24)12-13-32(2)31/h4-11,14-15H,3,12-13H2,1-2H3,(H,29,30). The number of para-hydroxylation sites is 1. The highest BCUT2D eigenvalue weighted by molar-refractivity contribution is 7.84. The van der Waals surface area contributed by atoms with E-state index in [1.807, 2.05) is 10.6 Å². The molecule has 7 heteroatoms. The summed E-state index contributed by atoms with van der Waals surface area (Å²) in [6.07, 6.45) is 1.69. The highest BCUT2D eigenvalue weighted by Gasteiger charge is 2.17. The van der Waals surface area contributed by atoms with Gasteiger partial charge in [0.05, 0.1) is 16.6 Å². The van der Waals surface area contributed by atoms with Gasteiger partial charge in [-0.1, -0.05) is 18.2 Å². The number of nitrogens with zero attached hydrogens (tertiary/aromatic N) is 3. The van der Waals surface area contributed by atoms with Crippen LogP contribution in [0.1, 0.15) is 17.3 Å². The summed E-state index contributed by atoms with van der Waals surface area (Å²) in [5, 5.41) is 11.7. The molecular weight excluding hydrogens is 422 g/mol. The van der Waals surface area contributed by atoms with Crippen molar-refractivity contribution >= 4 is 49.6 Å². The molecule has 0 fully saturated rings. The Morgan fingerprint density at radius 1 is 0.969 bits per heavy atom. The van der Waals surface area contributed by atoms with Crippen molar-refractivity contribution in [3.05, 3.63) is 66.2 Å². The molecule has 32 heavy (non-hydrogen) atoms. The highest BCUT2D eigenvalue weighted by Crippen LogP contribution is 2.33. The number of aromatic carboxylic acids is 1. The molecule has 0 aliphatic heterocycles. The second-order valence-electron chi connectivity index (χ2n) is 7.87. The van der Waals surface area contributed by atoms with Crippen LogP contribution in [0.5, 0.6) is 0 Å². The van der Waals surface area contributed by atoms with E-state index in [2.05, 4.69) is 47.9 Å². The highest BCUT2D eigenvalue weighted by atomic mass is 32.2. The van der Waals surface area contributed by atoms with Gasteiger partial charge in [-0.05, 0) is 49.4 Å². The lowest BCUT2D eigenvalue weighted by Gasteiger charge is -2.09. The molecule has 0 spiro atoms. The average molecular weight is 446 g/mol. The molecule has 1 atom stereocenters. The van der Waals surface area contributed by atoms with E-state index in [4.69, 9.17) is 4.98 Å². The van der Waals surface area contributed by atoms with Gasteiger partial charge in [0, 0.05) is 63.3 Å². The Morgan fingerprint density at radius 2 is 1.72 bits per heavy atom. The van der Waals surface area contributed by atoms with Crippen molar-refractivity contribution in [1.29, 1.82) is 0 Å². The number of carboxylic acid groups (broad SMARTS) is 1. The fraction of sp³-hybridized carbons (Fsp3) is 0.200. The van der Waals surface area contributed by atoms with Gasteiger partial charge in [-0.3, -0.25) is 4.21 Å². The summed E-state index contributed by atoms with van der Waals surface area (Å²) in [5.41, 5.74) is 4.98. The molecule has 0 aliphatic rings. The van der Waals surface area contributed by atoms with Crippen LogP contribution in [-0.4, -0.2) is 41.4 Å². The molecule has 6 nitrogen and oxygen atoms in total. The molecule has 5 aromatic rings. The molecule has 1 unspecified atom stereocenters. The average Bonchev–Trinajstić information content (AvgIpc) is 3.31. The Hall–Kier alpha value is -3.45. The van der Waals surface area contributed by atoms with E-state index in [0.717, 1.165) is 28.8 Å². The first kappa shape index (κ1) is 20.5. The minimum Gasteiger partial charge on any atom is -0.478 e. The third-order valence-corrected chi connectivity index (χ3v) is 6.70. The summed E-state index contributed by atoms with van der Waals surface area (Å²) in [5.74, 6) is 0.269. The molecule has 0 saturated heterocycles. The van der Waals surface area contributed by atoms with Gasteiger partial charge < -0.3 is 14.2 Å². The van der Waals surface area contributed by atoms with Gasteiger partial charge in [0.15, 0.2) is 0 Å². The number of aromatic nitrogens is 3. The smallest absolute Gasteiger partial charge is 0.335 e. The van der Waals surface area contributed by atoms with Crippen molar-refractivity contribution in [1.82, 2.24) is 14.1 Å². The predicted octanol–water partition coefficient (Wildman–Crippen LogP) is 4.91.